The highest BCUT2D eigenvalue weighted by molar-refractivity contribution is 7.13. The number of halogens is 1. The molecule has 0 fully saturated rings. The van der Waals surface area contributed by atoms with Gasteiger partial charge in [0.15, 0.2) is 11.9 Å². The van der Waals surface area contributed by atoms with Gasteiger partial charge >= 0.3 is 12.1 Å². The van der Waals surface area contributed by atoms with Crippen molar-refractivity contribution in [2.24, 2.45) is 10.5 Å². The molecule has 32 heavy (non-hydrogen) atoms. The van der Waals surface area contributed by atoms with Crippen molar-refractivity contribution in [1.82, 2.24) is 10.4 Å². The third-order valence-electron chi connectivity index (χ3n) is 3.95. The Morgan fingerprint density at radius 1 is 1.41 bits per heavy atom. The van der Waals surface area contributed by atoms with E-state index in [1.54, 1.807) is 35.7 Å². The lowest BCUT2D eigenvalue weighted by molar-refractivity contribution is -0.149. The van der Waals surface area contributed by atoms with Gasteiger partial charge in [0.1, 0.15) is 29.1 Å². The first-order valence-electron chi connectivity index (χ1n) is 9.14. The largest absolute Gasteiger partial charge is 0.510 e. The van der Waals surface area contributed by atoms with Gasteiger partial charge in [-0.1, -0.05) is 23.7 Å². The van der Waals surface area contributed by atoms with Crippen molar-refractivity contribution in [3.63, 3.8) is 0 Å². The lowest BCUT2D eigenvalue weighted by Crippen LogP contribution is -2.33. The Bertz CT molecular complexity index is 1070. The molecule has 0 aliphatic carbocycles. The molecule has 1 aromatic heterocycles. The molecule has 12 heteroatoms. The van der Waals surface area contributed by atoms with Crippen molar-refractivity contribution in [3.05, 3.63) is 40.4 Å². The Morgan fingerprint density at radius 3 is 2.66 bits per heavy atom. The molecule has 1 atom stereocenters. The number of aromatic nitrogens is 1. The van der Waals surface area contributed by atoms with Gasteiger partial charge in [0.05, 0.1) is 5.41 Å². The van der Waals surface area contributed by atoms with Crippen molar-refractivity contribution < 1.29 is 24.2 Å². The molecule has 0 aliphatic heterocycles. The summed E-state index contributed by atoms with van der Waals surface area (Å²) in [6.45, 7) is 3.87. The highest BCUT2D eigenvalue weighted by Gasteiger charge is 2.29. The van der Waals surface area contributed by atoms with Crippen molar-refractivity contribution in [1.29, 1.82) is 10.7 Å². The Balaban J connectivity index is 2.07. The lowest BCUT2D eigenvalue weighted by Gasteiger charge is -2.19. The molecule has 0 saturated heterocycles. The number of carboxylic acids is 1. The van der Waals surface area contributed by atoms with Gasteiger partial charge in [0.2, 0.25) is 0 Å². The van der Waals surface area contributed by atoms with Crippen LogP contribution >= 0.6 is 22.9 Å². The molecule has 0 spiro atoms. The Hall–Kier alpha value is -3.49. The van der Waals surface area contributed by atoms with E-state index in [0.717, 1.165) is 5.56 Å². The first-order chi connectivity index (χ1) is 15.0. The van der Waals surface area contributed by atoms with Gasteiger partial charge in [-0.05, 0) is 32.9 Å². The molecule has 0 saturated carbocycles. The minimum Gasteiger partial charge on any atom is -0.481 e. The second kappa shape index (κ2) is 10.7. The van der Waals surface area contributed by atoms with Crippen LogP contribution in [0, 0.1) is 22.2 Å². The standard InChI is InChI=1S/C20H20ClN5O5S/c1-11(31-19(29)30-10-20(2,3)18(27)28)25-26-16(14(23)8-22)15-9-32-17(24-15)12-4-6-13(21)7-5-12/h4-7,9,11,23,25H,10H2,1-3H3,(H,27,28)/b23-14?,26-16+. The predicted octanol–water partition coefficient (Wildman–Crippen LogP) is 3.91. The van der Waals surface area contributed by atoms with E-state index in [9.17, 15) is 9.59 Å². The zero-order chi connectivity index (χ0) is 23.9. The number of nitrogens with one attached hydrogen (secondary N) is 2. The number of nitrogens with zero attached hydrogens (tertiary/aromatic N) is 3. The van der Waals surface area contributed by atoms with Gasteiger partial charge in [-0.3, -0.25) is 15.6 Å². The SMILES string of the molecule is CC(N/N=C(\C(=N)C#N)c1csc(-c2ccc(Cl)cc2)n1)OC(=O)OCC(C)(C)C(=O)O. The van der Waals surface area contributed by atoms with Crippen LogP contribution in [0.2, 0.25) is 5.02 Å². The van der Waals surface area contributed by atoms with Crippen LogP contribution in [0.3, 0.4) is 0 Å². The van der Waals surface area contributed by atoms with Crippen LogP contribution in [0.4, 0.5) is 4.79 Å². The molecule has 3 N–H and O–H groups in total. The third kappa shape index (κ3) is 6.76. The van der Waals surface area contributed by atoms with E-state index in [1.807, 2.05) is 0 Å². The second-order valence-electron chi connectivity index (χ2n) is 7.11. The summed E-state index contributed by atoms with van der Waals surface area (Å²) >= 11 is 7.20. The molecule has 10 nitrogen and oxygen atoms in total. The minimum atomic E-state index is -1.27. The fourth-order valence-electron chi connectivity index (χ4n) is 2.06. The summed E-state index contributed by atoms with van der Waals surface area (Å²) in [5.41, 5.74) is 1.86. The summed E-state index contributed by atoms with van der Waals surface area (Å²) in [4.78, 5) is 27.2. The van der Waals surface area contributed by atoms with E-state index in [1.165, 1.54) is 32.1 Å². The van der Waals surface area contributed by atoms with Crippen molar-refractivity contribution in [2.75, 3.05) is 6.61 Å². The Morgan fingerprint density at radius 2 is 2.06 bits per heavy atom. The lowest BCUT2D eigenvalue weighted by atomic mass is 9.95. The van der Waals surface area contributed by atoms with E-state index in [2.05, 4.69) is 15.5 Å². The number of thiazole rings is 1. The maximum absolute atomic E-state index is 11.8. The van der Waals surface area contributed by atoms with Gasteiger partial charge in [0, 0.05) is 16.0 Å². The topological polar surface area (TPSA) is 158 Å². The van der Waals surface area contributed by atoms with Crippen LogP contribution in [0.5, 0.6) is 0 Å². The number of ether oxygens (including phenoxy) is 2. The summed E-state index contributed by atoms with van der Waals surface area (Å²) in [5, 5.41) is 32.9. The number of aliphatic carboxylic acids is 1. The number of hydrogen-bond donors (Lipinski definition) is 3. The first-order valence-corrected chi connectivity index (χ1v) is 10.4. The Kier molecular flexibility index (Phi) is 8.28. The molecule has 1 aromatic carbocycles. The number of benzene rings is 1. The number of nitriles is 1. The van der Waals surface area contributed by atoms with Crippen LogP contribution in [0.15, 0.2) is 34.7 Å². The van der Waals surface area contributed by atoms with E-state index in [0.29, 0.717) is 10.0 Å². The summed E-state index contributed by atoms with van der Waals surface area (Å²) in [6.07, 6.45) is -2.09. The number of hydrogen-bond acceptors (Lipinski definition) is 10. The van der Waals surface area contributed by atoms with Gasteiger partial charge in [-0.25, -0.2) is 9.78 Å². The van der Waals surface area contributed by atoms with E-state index in [-0.39, 0.29) is 18.0 Å². The van der Waals surface area contributed by atoms with Gasteiger partial charge < -0.3 is 14.6 Å². The minimum absolute atomic E-state index is 0.0419. The molecule has 2 rings (SSSR count). The molecule has 1 unspecified atom stereocenters. The summed E-state index contributed by atoms with van der Waals surface area (Å²) < 4.78 is 9.77. The fourth-order valence-corrected chi connectivity index (χ4v) is 3.00. The monoisotopic (exact) mass is 477 g/mol. The highest BCUT2D eigenvalue weighted by atomic mass is 35.5. The van der Waals surface area contributed by atoms with Gasteiger partial charge in [-0.15, -0.1) is 11.3 Å². The molecule has 0 radical (unpaired) electrons. The van der Waals surface area contributed by atoms with Crippen molar-refractivity contribution in [3.8, 4) is 16.6 Å². The number of carboxylic acid groups (broad SMARTS) is 1. The fraction of sp³-hybridized carbons (Fsp3) is 0.300. The summed E-state index contributed by atoms with van der Waals surface area (Å²) in [5.74, 6) is -1.12. The number of rotatable bonds is 9. The summed E-state index contributed by atoms with van der Waals surface area (Å²) in [6, 6.07) is 8.74. The quantitative estimate of drug-likeness (QED) is 0.212. The molecular formula is C20H20ClN5O5S. The van der Waals surface area contributed by atoms with E-state index >= 15 is 0 Å². The van der Waals surface area contributed by atoms with Gasteiger partial charge in [0.25, 0.3) is 0 Å². The van der Waals surface area contributed by atoms with Crippen LogP contribution in [-0.2, 0) is 14.3 Å². The normalized spacial score (nSPS) is 12.4. The maximum atomic E-state index is 11.8. The third-order valence-corrected chi connectivity index (χ3v) is 5.09. The zero-order valence-corrected chi connectivity index (χ0v) is 19.0. The summed E-state index contributed by atoms with van der Waals surface area (Å²) in [7, 11) is 0. The molecule has 0 amide bonds. The molecule has 1 heterocycles. The predicted molar refractivity (Wildman–Crippen MR) is 119 cm³/mol. The Labute approximate surface area is 193 Å². The molecule has 168 valence electrons. The molecule has 0 bridgehead atoms. The van der Waals surface area contributed by atoms with E-state index in [4.69, 9.17) is 36.9 Å². The van der Waals surface area contributed by atoms with Crippen LogP contribution < -0.4 is 5.43 Å². The smallest absolute Gasteiger partial charge is 0.481 e. The molecule has 0 aliphatic rings. The molecular weight excluding hydrogens is 458 g/mol. The van der Waals surface area contributed by atoms with E-state index < -0.39 is 29.5 Å². The highest BCUT2D eigenvalue weighted by Crippen LogP contribution is 2.25. The van der Waals surface area contributed by atoms with Crippen LogP contribution in [0.25, 0.3) is 10.6 Å². The van der Waals surface area contributed by atoms with Crippen molar-refractivity contribution >= 4 is 46.5 Å². The van der Waals surface area contributed by atoms with Crippen LogP contribution in [-0.4, -0.2) is 46.5 Å². The molecule has 2 aromatic rings. The second-order valence-corrected chi connectivity index (χ2v) is 8.40. The zero-order valence-electron chi connectivity index (χ0n) is 17.4. The van der Waals surface area contributed by atoms with Crippen LogP contribution in [0.1, 0.15) is 26.5 Å². The average Bonchev–Trinajstić information content (AvgIpc) is 3.22. The van der Waals surface area contributed by atoms with Crippen molar-refractivity contribution in [2.45, 2.75) is 27.0 Å². The van der Waals surface area contributed by atoms with Gasteiger partial charge in [-0.2, -0.15) is 10.4 Å². The number of carbonyl (C=O) groups is 2. The number of hydrazone groups is 1. The first kappa shape index (κ1) is 24.8. The number of carbonyl (C=O) groups excluding carboxylic acids is 1. The average molecular weight is 478 g/mol. The maximum Gasteiger partial charge on any atom is 0.510 e.